The fourth-order valence-electron chi connectivity index (χ4n) is 1.81. The number of carboxylic acids is 1. The number of aromatic hydroxyl groups is 1. The quantitative estimate of drug-likeness (QED) is 0.737. The molecule has 0 fully saturated rings. The smallest absolute Gasteiger partial charge is 0.335 e. The van der Waals surface area contributed by atoms with Crippen molar-refractivity contribution in [3.63, 3.8) is 0 Å². The van der Waals surface area contributed by atoms with Crippen molar-refractivity contribution < 1.29 is 24.5 Å². The topological polar surface area (TPSA) is 95.9 Å². The zero-order chi connectivity index (χ0) is 16.1. The summed E-state index contributed by atoms with van der Waals surface area (Å²) >= 11 is 0. The molecule has 0 radical (unpaired) electrons. The Morgan fingerprint density at radius 1 is 1.18 bits per heavy atom. The van der Waals surface area contributed by atoms with Crippen molar-refractivity contribution in [3.05, 3.63) is 53.6 Å². The minimum atomic E-state index is -1.16. The average Bonchev–Trinajstić information content (AvgIpc) is 2.47. The maximum atomic E-state index is 11.8. The third-order valence-electron chi connectivity index (χ3n) is 2.88. The zero-order valence-corrected chi connectivity index (χ0v) is 11.9. The molecule has 0 aromatic heterocycles. The number of hydrogen-bond donors (Lipinski definition) is 3. The molecule has 2 rings (SSSR count). The van der Waals surface area contributed by atoms with Crippen molar-refractivity contribution in [1.29, 1.82) is 0 Å². The lowest BCUT2D eigenvalue weighted by atomic mass is 10.2. The predicted octanol–water partition coefficient (Wildman–Crippen LogP) is 2.42. The number of carbonyl (C=O) groups is 2. The van der Waals surface area contributed by atoms with Crippen molar-refractivity contribution in [1.82, 2.24) is 0 Å². The van der Waals surface area contributed by atoms with E-state index in [0.29, 0.717) is 5.75 Å². The SMILES string of the molecule is Cc1cccc(OCC(=O)Nc2ccc(C(=O)O)cc2O)c1. The highest BCUT2D eigenvalue weighted by Crippen LogP contribution is 2.24. The molecule has 22 heavy (non-hydrogen) atoms. The number of phenols is 1. The van der Waals surface area contributed by atoms with Gasteiger partial charge in [0.25, 0.3) is 5.91 Å². The largest absolute Gasteiger partial charge is 0.506 e. The molecule has 6 nitrogen and oxygen atoms in total. The predicted molar refractivity (Wildman–Crippen MR) is 80.4 cm³/mol. The Morgan fingerprint density at radius 3 is 2.59 bits per heavy atom. The number of rotatable bonds is 5. The summed E-state index contributed by atoms with van der Waals surface area (Å²) in [6.07, 6.45) is 0. The van der Waals surface area contributed by atoms with Crippen LogP contribution in [-0.2, 0) is 4.79 Å². The molecule has 2 aromatic rings. The molecule has 0 heterocycles. The molecule has 0 spiro atoms. The Labute approximate surface area is 127 Å². The average molecular weight is 301 g/mol. The van der Waals surface area contributed by atoms with Gasteiger partial charge in [0.15, 0.2) is 6.61 Å². The minimum absolute atomic E-state index is 0.0634. The summed E-state index contributed by atoms with van der Waals surface area (Å²) in [6, 6.07) is 10.9. The molecule has 0 saturated carbocycles. The second kappa shape index (κ2) is 6.62. The van der Waals surface area contributed by atoms with Gasteiger partial charge < -0.3 is 20.3 Å². The zero-order valence-electron chi connectivity index (χ0n) is 11.9. The van der Waals surface area contributed by atoms with Gasteiger partial charge in [0, 0.05) is 0 Å². The Kier molecular flexibility index (Phi) is 4.63. The van der Waals surface area contributed by atoms with Gasteiger partial charge in [-0.3, -0.25) is 4.79 Å². The number of nitrogens with one attached hydrogen (secondary N) is 1. The van der Waals surface area contributed by atoms with Crippen LogP contribution in [0.2, 0.25) is 0 Å². The summed E-state index contributed by atoms with van der Waals surface area (Å²) in [6.45, 7) is 1.69. The van der Waals surface area contributed by atoms with Gasteiger partial charge in [-0.25, -0.2) is 4.79 Å². The summed E-state index contributed by atoms with van der Waals surface area (Å²) < 4.78 is 5.33. The van der Waals surface area contributed by atoms with Crippen LogP contribution in [0.4, 0.5) is 5.69 Å². The Morgan fingerprint density at radius 2 is 1.95 bits per heavy atom. The van der Waals surface area contributed by atoms with Gasteiger partial charge in [-0.2, -0.15) is 0 Å². The molecule has 0 saturated heterocycles. The third kappa shape index (κ3) is 3.99. The highest BCUT2D eigenvalue weighted by molar-refractivity contribution is 5.95. The van der Waals surface area contributed by atoms with Crippen LogP contribution >= 0.6 is 0 Å². The van der Waals surface area contributed by atoms with Crippen LogP contribution in [0.1, 0.15) is 15.9 Å². The number of carboxylic acid groups (broad SMARTS) is 1. The van der Waals surface area contributed by atoms with Crippen LogP contribution in [-0.4, -0.2) is 28.7 Å². The highest BCUT2D eigenvalue weighted by Gasteiger charge is 2.10. The second-order valence-electron chi connectivity index (χ2n) is 4.69. The van der Waals surface area contributed by atoms with Crippen molar-refractivity contribution in [3.8, 4) is 11.5 Å². The standard InChI is InChI=1S/C16H15NO5/c1-10-3-2-4-12(7-10)22-9-15(19)17-13-6-5-11(16(20)21)8-14(13)18/h2-8,18H,9H2,1H3,(H,17,19)(H,20,21). The molecule has 0 atom stereocenters. The van der Waals surface area contributed by atoms with Crippen molar-refractivity contribution >= 4 is 17.6 Å². The Bertz CT molecular complexity index is 711. The monoisotopic (exact) mass is 301 g/mol. The van der Waals surface area contributed by atoms with Gasteiger partial charge in [0.05, 0.1) is 11.3 Å². The van der Waals surface area contributed by atoms with E-state index in [0.717, 1.165) is 11.6 Å². The van der Waals surface area contributed by atoms with E-state index in [1.54, 1.807) is 12.1 Å². The third-order valence-corrected chi connectivity index (χ3v) is 2.88. The molecule has 2 aromatic carbocycles. The van der Waals surface area contributed by atoms with E-state index in [1.165, 1.54) is 12.1 Å². The lowest BCUT2D eigenvalue weighted by Gasteiger charge is -2.09. The number of ether oxygens (including phenoxy) is 1. The van der Waals surface area contributed by atoms with Crippen LogP contribution in [0.15, 0.2) is 42.5 Å². The minimum Gasteiger partial charge on any atom is -0.506 e. The van der Waals surface area contributed by atoms with Crippen molar-refractivity contribution in [2.45, 2.75) is 6.92 Å². The van der Waals surface area contributed by atoms with Gasteiger partial charge in [0.2, 0.25) is 0 Å². The normalized spacial score (nSPS) is 10.0. The molecule has 114 valence electrons. The second-order valence-corrected chi connectivity index (χ2v) is 4.69. The molecule has 0 unspecified atom stereocenters. The van der Waals surface area contributed by atoms with E-state index >= 15 is 0 Å². The highest BCUT2D eigenvalue weighted by atomic mass is 16.5. The lowest BCUT2D eigenvalue weighted by Crippen LogP contribution is -2.20. The number of carbonyl (C=O) groups excluding carboxylic acids is 1. The maximum Gasteiger partial charge on any atom is 0.335 e. The number of hydrogen-bond acceptors (Lipinski definition) is 4. The molecule has 6 heteroatoms. The molecule has 0 bridgehead atoms. The Hall–Kier alpha value is -3.02. The summed E-state index contributed by atoms with van der Waals surface area (Å²) in [5.41, 5.74) is 1.08. The first-order valence-corrected chi connectivity index (χ1v) is 6.51. The first kappa shape index (κ1) is 15.4. The number of aromatic carboxylic acids is 1. The number of anilines is 1. The molecule has 1 amide bonds. The lowest BCUT2D eigenvalue weighted by molar-refractivity contribution is -0.118. The summed E-state index contributed by atoms with van der Waals surface area (Å²) in [5.74, 6) is -1.36. The van der Waals surface area contributed by atoms with Gasteiger partial charge in [-0.15, -0.1) is 0 Å². The van der Waals surface area contributed by atoms with Crippen LogP contribution in [0, 0.1) is 6.92 Å². The maximum absolute atomic E-state index is 11.8. The van der Waals surface area contributed by atoms with Gasteiger partial charge in [0.1, 0.15) is 11.5 Å². The molecular formula is C16H15NO5. The fraction of sp³-hybridized carbons (Fsp3) is 0.125. The summed E-state index contributed by atoms with van der Waals surface area (Å²) in [5, 5.41) is 20.9. The number of amides is 1. The van der Waals surface area contributed by atoms with E-state index in [9.17, 15) is 14.7 Å². The van der Waals surface area contributed by atoms with Crippen molar-refractivity contribution in [2.75, 3.05) is 11.9 Å². The first-order valence-electron chi connectivity index (χ1n) is 6.51. The summed E-state index contributed by atoms with van der Waals surface area (Å²) in [7, 11) is 0. The van der Waals surface area contributed by atoms with Gasteiger partial charge in [-0.05, 0) is 42.8 Å². The molecule has 3 N–H and O–H groups in total. The Balaban J connectivity index is 1.96. The molecular weight excluding hydrogens is 286 g/mol. The molecule has 0 aliphatic rings. The van der Waals surface area contributed by atoms with Crippen LogP contribution in [0.3, 0.4) is 0 Å². The van der Waals surface area contributed by atoms with Crippen LogP contribution in [0.25, 0.3) is 0 Å². The van der Waals surface area contributed by atoms with Gasteiger partial charge in [-0.1, -0.05) is 12.1 Å². The fourth-order valence-corrected chi connectivity index (χ4v) is 1.81. The molecule has 0 aliphatic carbocycles. The first-order chi connectivity index (χ1) is 10.5. The van der Waals surface area contributed by atoms with E-state index < -0.39 is 11.9 Å². The van der Waals surface area contributed by atoms with Crippen LogP contribution < -0.4 is 10.1 Å². The van der Waals surface area contributed by atoms with Crippen molar-refractivity contribution in [2.24, 2.45) is 0 Å². The summed E-state index contributed by atoms with van der Waals surface area (Å²) in [4.78, 5) is 22.5. The van der Waals surface area contributed by atoms with Gasteiger partial charge >= 0.3 is 5.97 Å². The van der Waals surface area contributed by atoms with E-state index in [1.807, 2.05) is 19.1 Å². The van der Waals surface area contributed by atoms with Crippen LogP contribution in [0.5, 0.6) is 11.5 Å². The number of phenolic OH excluding ortho intramolecular Hbond substituents is 1. The number of benzene rings is 2. The number of aryl methyl sites for hydroxylation is 1. The van der Waals surface area contributed by atoms with E-state index in [4.69, 9.17) is 9.84 Å². The van der Waals surface area contributed by atoms with E-state index in [2.05, 4.69) is 5.32 Å². The molecule has 0 aliphatic heterocycles. The van der Waals surface area contributed by atoms with E-state index in [-0.39, 0.29) is 23.6 Å².